The molecule has 1 aliphatic rings. The van der Waals surface area contributed by atoms with Gasteiger partial charge in [-0.25, -0.2) is 0 Å². The summed E-state index contributed by atoms with van der Waals surface area (Å²) in [5.41, 5.74) is 0.738. The molecule has 2 amide bonds. The number of amidine groups is 1. The van der Waals surface area contributed by atoms with Crippen molar-refractivity contribution in [2.24, 2.45) is 4.99 Å². The predicted octanol–water partition coefficient (Wildman–Crippen LogP) is 2.73. The van der Waals surface area contributed by atoms with Crippen molar-refractivity contribution in [1.82, 2.24) is 4.90 Å². The summed E-state index contributed by atoms with van der Waals surface area (Å²) in [4.78, 5) is 29.8. The third kappa shape index (κ3) is 3.22. The largest absolute Gasteiger partial charge is 0.326 e. The Kier molecular flexibility index (Phi) is 4.34. The van der Waals surface area contributed by atoms with E-state index < -0.39 is 5.25 Å². The highest BCUT2D eigenvalue weighted by Crippen LogP contribution is 2.28. The molecule has 1 aliphatic heterocycles. The van der Waals surface area contributed by atoms with Gasteiger partial charge in [-0.3, -0.25) is 19.5 Å². The zero-order valence-electron chi connectivity index (χ0n) is 12.9. The molecular weight excluding hydrogens is 310 g/mol. The molecule has 3 rings (SSSR count). The number of aliphatic imine (C=N–C) groups is 1. The maximum Gasteiger partial charge on any atom is 0.242 e. The van der Waals surface area contributed by atoms with Crippen molar-refractivity contribution in [2.45, 2.75) is 11.7 Å². The summed E-state index contributed by atoms with van der Waals surface area (Å²) in [6.07, 6.45) is 0.139. The molecule has 0 spiro atoms. The van der Waals surface area contributed by atoms with Gasteiger partial charge in [0.15, 0.2) is 5.17 Å². The number of rotatable bonds is 3. The average Bonchev–Trinajstić information content (AvgIpc) is 2.82. The van der Waals surface area contributed by atoms with Crippen LogP contribution in [0.3, 0.4) is 0 Å². The molecule has 1 N–H and O–H groups in total. The Balaban J connectivity index is 1.68. The van der Waals surface area contributed by atoms with Crippen molar-refractivity contribution >= 4 is 45.2 Å². The number of benzene rings is 2. The Morgan fingerprint density at radius 1 is 1.26 bits per heavy atom. The number of nitrogens with zero attached hydrogens (tertiary/aromatic N) is 2. The van der Waals surface area contributed by atoms with Crippen molar-refractivity contribution < 1.29 is 9.59 Å². The van der Waals surface area contributed by atoms with E-state index in [4.69, 9.17) is 0 Å². The van der Waals surface area contributed by atoms with E-state index in [9.17, 15) is 9.59 Å². The van der Waals surface area contributed by atoms with Gasteiger partial charge < -0.3 is 5.32 Å². The molecule has 0 saturated carbocycles. The molecule has 2 aromatic rings. The van der Waals surface area contributed by atoms with E-state index in [-0.39, 0.29) is 18.2 Å². The number of fused-ring (bicyclic) bond motifs is 1. The number of hydrogen-bond acceptors (Lipinski definition) is 4. The molecule has 0 aromatic heterocycles. The summed E-state index contributed by atoms with van der Waals surface area (Å²) in [5, 5.41) is 5.30. The zero-order chi connectivity index (χ0) is 16.4. The van der Waals surface area contributed by atoms with Gasteiger partial charge in [0.25, 0.3) is 0 Å². The Hall–Kier alpha value is -2.34. The third-order valence-electron chi connectivity index (χ3n) is 3.74. The van der Waals surface area contributed by atoms with Crippen molar-refractivity contribution in [3.63, 3.8) is 0 Å². The first-order chi connectivity index (χ1) is 11.1. The van der Waals surface area contributed by atoms with Crippen LogP contribution in [-0.4, -0.2) is 41.2 Å². The molecule has 1 fully saturated rings. The molecule has 23 heavy (non-hydrogen) atoms. The number of hydrogen-bond donors (Lipinski definition) is 1. The second-order valence-electron chi connectivity index (χ2n) is 5.32. The summed E-state index contributed by atoms with van der Waals surface area (Å²) in [5.74, 6) is -0.249. The second-order valence-corrected chi connectivity index (χ2v) is 6.49. The van der Waals surface area contributed by atoms with Crippen molar-refractivity contribution in [3.8, 4) is 0 Å². The minimum atomic E-state index is -0.404. The number of anilines is 1. The first-order valence-electron chi connectivity index (χ1n) is 7.28. The topological polar surface area (TPSA) is 61.8 Å². The van der Waals surface area contributed by atoms with Crippen LogP contribution in [0.4, 0.5) is 5.69 Å². The van der Waals surface area contributed by atoms with E-state index in [0.29, 0.717) is 5.17 Å². The van der Waals surface area contributed by atoms with Gasteiger partial charge >= 0.3 is 0 Å². The van der Waals surface area contributed by atoms with Crippen LogP contribution in [0.25, 0.3) is 10.8 Å². The van der Waals surface area contributed by atoms with Crippen LogP contribution in [0.5, 0.6) is 0 Å². The smallest absolute Gasteiger partial charge is 0.242 e. The van der Waals surface area contributed by atoms with Crippen molar-refractivity contribution in [2.75, 3.05) is 19.4 Å². The predicted molar refractivity (Wildman–Crippen MR) is 94.7 cm³/mol. The van der Waals surface area contributed by atoms with Gasteiger partial charge in [-0.05, 0) is 22.9 Å². The first kappa shape index (κ1) is 15.6. The molecular formula is C17H17N3O2S. The van der Waals surface area contributed by atoms with Gasteiger partial charge in [0.1, 0.15) is 5.25 Å². The quantitative estimate of drug-likeness (QED) is 0.943. The second kappa shape index (κ2) is 6.42. The van der Waals surface area contributed by atoms with E-state index in [2.05, 4.69) is 10.3 Å². The number of nitrogens with one attached hydrogen (secondary N) is 1. The lowest BCUT2D eigenvalue weighted by molar-refractivity contribution is -0.127. The standard InChI is InChI=1S/C17H17N3O2S/c1-18-17-20(2)16(22)14(23-17)10-15(21)19-13-8-7-11-5-3-4-6-12(11)9-13/h3-9,14H,10H2,1-2H3,(H,19,21)/t14-/m1/s1. The molecule has 1 saturated heterocycles. The Morgan fingerprint density at radius 3 is 2.70 bits per heavy atom. The van der Waals surface area contributed by atoms with Crippen LogP contribution < -0.4 is 5.32 Å². The van der Waals surface area contributed by atoms with Gasteiger partial charge in [-0.15, -0.1) is 0 Å². The first-order valence-corrected chi connectivity index (χ1v) is 8.16. The number of carbonyl (C=O) groups is 2. The van der Waals surface area contributed by atoms with E-state index in [1.165, 1.54) is 16.7 Å². The summed E-state index contributed by atoms with van der Waals surface area (Å²) in [6, 6.07) is 13.7. The van der Waals surface area contributed by atoms with Crippen LogP contribution in [-0.2, 0) is 9.59 Å². The van der Waals surface area contributed by atoms with Crippen molar-refractivity contribution in [1.29, 1.82) is 0 Å². The molecule has 0 aliphatic carbocycles. The van der Waals surface area contributed by atoms with Gasteiger partial charge in [0, 0.05) is 26.2 Å². The van der Waals surface area contributed by atoms with E-state index in [0.717, 1.165) is 16.5 Å². The minimum absolute atomic E-state index is 0.0794. The molecule has 2 aromatic carbocycles. The molecule has 1 atom stereocenters. The molecule has 1 heterocycles. The fourth-order valence-corrected chi connectivity index (χ4v) is 3.65. The molecule has 0 unspecified atom stereocenters. The molecule has 6 heteroatoms. The Labute approximate surface area is 138 Å². The summed E-state index contributed by atoms with van der Waals surface area (Å²) in [6.45, 7) is 0. The highest BCUT2D eigenvalue weighted by atomic mass is 32.2. The lowest BCUT2D eigenvalue weighted by Gasteiger charge is -2.09. The van der Waals surface area contributed by atoms with Crippen LogP contribution in [0.2, 0.25) is 0 Å². The van der Waals surface area contributed by atoms with Crippen molar-refractivity contribution in [3.05, 3.63) is 42.5 Å². The normalized spacial score (nSPS) is 19.6. The van der Waals surface area contributed by atoms with Crippen LogP contribution in [0.1, 0.15) is 6.42 Å². The zero-order valence-corrected chi connectivity index (χ0v) is 13.8. The summed E-state index contributed by atoms with van der Waals surface area (Å²) < 4.78 is 0. The van der Waals surface area contributed by atoms with Gasteiger partial charge in [0.2, 0.25) is 11.8 Å². The van der Waals surface area contributed by atoms with Crippen LogP contribution in [0.15, 0.2) is 47.5 Å². The van der Waals surface area contributed by atoms with E-state index in [1.807, 2.05) is 42.5 Å². The fourth-order valence-electron chi connectivity index (χ4n) is 2.55. The van der Waals surface area contributed by atoms with E-state index >= 15 is 0 Å². The maximum atomic E-state index is 12.2. The summed E-state index contributed by atoms with van der Waals surface area (Å²) in [7, 11) is 3.32. The van der Waals surface area contributed by atoms with Gasteiger partial charge in [-0.1, -0.05) is 42.1 Å². The number of thioether (sulfide) groups is 1. The highest BCUT2D eigenvalue weighted by molar-refractivity contribution is 8.15. The number of carbonyl (C=O) groups excluding carboxylic acids is 2. The van der Waals surface area contributed by atoms with Gasteiger partial charge in [-0.2, -0.15) is 0 Å². The summed E-state index contributed by atoms with van der Waals surface area (Å²) >= 11 is 1.33. The number of amides is 2. The van der Waals surface area contributed by atoms with Gasteiger partial charge in [0.05, 0.1) is 0 Å². The monoisotopic (exact) mass is 327 g/mol. The SMILES string of the molecule is CN=C1S[C@H](CC(=O)Nc2ccc3ccccc3c2)C(=O)N1C. The molecule has 5 nitrogen and oxygen atoms in total. The van der Waals surface area contributed by atoms with Crippen LogP contribution >= 0.6 is 11.8 Å². The minimum Gasteiger partial charge on any atom is -0.326 e. The van der Waals surface area contributed by atoms with Crippen LogP contribution in [0, 0.1) is 0 Å². The molecule has 0 radical (unpaired) electrons. The molecule has 118 valence electrons. The molecule has 0 bridgehead atoms. The fraction of sp³-hybridized carbons (Fsp3) is 0.235. The lowest BCUT2D eigenvalue weighted by Crippen LogP contribution is -2.30. The Morgan fingerprint density at radius 2 is 2.00 bits per heavy atom. The maximum absolute atomic E-state index is 12.2. The highest BCUT2D eigenvalue weighted by Gasteiger charge is 2.36. The Bertz CT molecular complexity index is 803. The van der Waals surface area contributed by atoms with E-state index in [1.54, 1.807) is 14.1 Å². The third-order valence-corrected chi connectivity index (χ3v) is 5.06. The average molecular weight is 327 g/mol. The lowest BCUT2D eigenvalue weighted by atomic mass is 10.1.